The number of carbonyl (C=O) groups excluding carboxylic acids is 1. The highest BCUT2D eigenvalue weighted by molar-refractivity contribution is 8.00. The van der Waals surface area contributed by atoms with Crippen LogP contribution in [0.25, 0.3) is 0 Å². The van der Waals surface area contributed by atoms with E-state index in [2.05, 4.69) is 9.97 Å². The van der Waals surface area contributed by atoms with Crippen molar-refractivity contribution >= 4 is 17.7 Å². The summed E-state index contributed by atoms with van der Waals surface area (Å²) >= 11 is 1.14. The summed E-state index contributed by atoms with van der Waals surface area (Å²) in [6.07, 6.45) is 2.96. The Morgan fingerprint density at radius 2 is 2.00 bits per heavy atom. The summed E-state index contributed by atoms with van der Waals surface area (Å²) in [5.74, 6) is -1.13. The van der Waals surface area contributed by atoms with Gasteiger partial charge in [0.1, 0.15) is 11.4 Å². The topological polar surface area (TPSA) is 65.9 Å². The SMILES string of the molecule is O=C([O-])[C@@H](Sc1ccncn1)c1ccccc1. The molecule has 5 heteroatoms. The molecule has 0 aliphatic carbocycles. The Morgan fingerprint density at radius 1 is 1.24 bits per heavy atom. The summed E-state index contributed by atoms with van der Waals surface area (Å²) in [5, 5.41) is 11.0. The van der Waals surface area contributed by atoms with Crippen LogP contribution in [-0.4, -0.2) is 15.9 Å². The van der Waals surface area contributed by atoms with Crippen molar-refractivity contribution in [2.24, 2.45) is 0 Å². The number of rotatable bonds is 4. The van der Waals surface area contributed by atoms with E-state index in [1.165, 1.54) is 6.33 Å². The first-order valence-corrected chi connectivity index (χ1v) is 5.84. The Labute approximate surface area is 103 Å². The van der Waals surface area contributed by atoms with Gasteiger partial charge in [0.15, 0.2) is 0 Å². The first kappa shape index (κ1) is 11.6. The number of carbonyl (C=O) groups is 1. The lowest BCUT2D eigenvalue weighted by atomic mass is 10.1. The van der Waals surface area contributed by atoms with Crippen molar-refractivity contribution in [3.63, 3.8) is 0 Å². The zero-order valence-corrected chi connectivity index (χ0v) is 9.63. The van der Waals surface area contributed by atoms with E-state index in [0.29, 0.717) is 10.6 Å². The molecule has 2 rings (SSSR count). The van der Waals surface area contributed by atoms with E-state index in [-0.39, 0.29) is 0 Å². The van der Waals surface area contributed by atoms with Crippen molar-refractivity contribution in [2.75, 3.05) is 0 Å². The van der Waals surface area contributed by atoms with Gasteiger partial charge in [-0.15, -0.1) is 0 Å². The summed E-state index contributed by atoms with van der Waals surface area (Å²) in [4.78, 5) is 18.9. The van der Waals surface area contributed by atoms with E-state index in [1.54, 1.807) is 36.5 Å². The molecule has 86 valence electrons. The van der Waals surface area contributed by atoms with Gasteiger partial charge in [-0.05, 0) is 11.6 Å². The number of aliphatic carboxylic acids is 1. The lowest BCUT2D eigenvalue weighted by Crippen LogP contribution is -2.28. The number of carboxylic acids is 1. The van der Waals surface area contributed by atoms with Crippen LogP contribution < -0.4 is 5.11 Å². The van der Waals surface area contributed by atoms with E-state index in [4.69, 9.17) is 0 Å². The molecule has 0 aliphatic rings. The van der Waals surface area contributed by atoms with Crippen molar-refractivity contribution in [3.05, 3.63) is 54.5 Å². The second-order valence-corrected chi connectivity index (χ2v) is 4.40. The lowest BCUT2D eigenvalue weighted by molar-refractivity contribution is -0.305. The molecule has 1 aromatic carbocycles. The van der Waals surface area contributed by atoms with Gasteiger partial charge >= 0.3 is 0 Å². The molecule has 17 heavy (non-hydrogen) atoms. The minimum atomic E-state index is -1.13. The smallest absolute Gasteiger partial charge is 0.116 e. The molecule has 4 nitrogen and oxygen atoms in total. The van der Waals surface area contributed by atoms with Crippen molar-refractivity contribution in [3.8, 4) is 0 Å². The van der Waals surface area contributed by atoms with Crippen LogP contribution in [0.1, 0.15) is 10.8 Å². The first-order chi connectivity index (χ1) is 8.27. The van der Waals surface area contributed by atoms with Crippen molar-refractivity contribution in [1.29, 1.82) is 0 Å². The minimum Gasteiger partial charge on any atom is -0.549 e. The molecule has 0 unspecified atom stereocenters. The van der Waals surface area contributed by atoms with E-state index >= 15 is 0 Å². The fraction of sp³-hybridized carbons (Fsp3) is 0.0833. The Bertz CT molecular complexity index is 490. The first-order valence-electron chi connectivity index (χ1n) is 4.96. The quantitative estimate of drug-likeness (QED) is 0.595. The molecule has 0 N–H and O–H groups in total. The molecule has 0 saturated carbocycles. The predicted molar refractivity (Wildman–Crippen MR) is 62.1 cm³/mol. The van der Waals surface area contributed by atoms with Gasteiger partial charge in [0, 0.05) is 6.20 Å². The van der Waals surface area contributed by atoms with Gasteiger partial charge in [-0.25, -0.2) is 9.97 Å². The Morgan fingerprint density at radius 3 is 2.59 bits per heavy atom. The van der Waals surface area contributed by atoms with Gasteiger partial charge in [-0.2, -0.15) is 0 Å². The van der Waals surface area contributed by atoms with Crippen molar-refractivity contribution in [1.82, 2.24) is 9.97 Å². The molecule has 0 bridgehead atoms. The molecule has 1 atom stereocenters. The molecule has 0 spiro atoms. The Kier molecular flexibility index (Phi) is 3.72. The maximum absolute atomic E-state index is 11.1. The van der Waals surface area contributed by atoms with Gasteiger partial charge in [0.05, 0.1) is 11.2 Å². The molecule has 0 radical (unpaired) electrons. The predicted octanol–water partition coefficient (Wildman–Crippen LogP) is 1.06. The number of carboxylic acid groups (broad SMARTS) is 1. The monoisotopic (exact) mass is 245 g/mol. The number of thioether (sulfide) groups is 1. The van der Waals surface area contributed by atoms with Crippen LogP contribution in [-0.2, 0) is 4.79 Å². The average molecular weight is 245 g/mol. The number of hydrogen-bond donors (Lipinski definition) is 0. The lowest BCUT2D eigenvalue weighted by Gasteiger charge is -2.17. The standard InChI is InChI=1S/C12H10N2O2S/c15-12(16)11(9-4-2-1-3-5-9)17-10-6-7-13-8-14-10/h1-8,11H,(H,15,16)/p-1/t11-/m0/s1. The maximum atomic E-state index is 11.1. The third kappa shape index (κ3) is 3.04. The zero-order chi connectivity index (χ0) is 12.1. The van der Waals surface area contributed by atoms with Gasteiger partial charge in [-0.1, -0.05) is 42.1 Å². The summed E-state index contributed by atoms with van der Waals surface area (Å²) in [6, 6.07) is 10.6. The molecule has 0 amide bonds. The fourth-order valence-electron chi connectivity index (χ4n) is 1.35. The highest BCUT2D eigenvalue weighted by Crippen LogP contribution is 2.33. The molecule has 2 aromatic rings. The molecule has 0 fully saturated rings. The third-order valence-corrected chi connectivity index (χ3v) is 3.29. The van der Waals surface area contributed by atoms with E-state index in [9.17, 15) is 9.90 Å². The minimum absolute atomic E-state index is 0.609. The van der Waals surface area contributed by atoms with Crippen LogP contribution in [0.3, 0.4) is 0 Å². The van der Waals surface area contributed by atoms with E-state index < -0.39 is 11.2 Å². The Balaban J connectivity index is 2.23. The summed E-state index contributed by atoms with van der Waals surface area (Å²) in [7, 11) is 0. The third-order valence-electron chi connectivity index (χ3n) is 2.11. The van der Waals surface area contributed by atoms with Gasteiger partial charge < -0.3 is 9.90 Å². The largest absolute Gasteiger partial charge is 0.549 e. The molecule has 0 saturated heterocycles. The van der Waals surface area contributed by atoms with Crippen molar-refractivity contribution in [2.45, 2.75) is 10.3 Å². The van der Waals surface area contributed by atoms with Gasteiger partial charge in [0.25, 0.3) is 0 Å². The zero-order valence-electron chi connectivity index (χ0n) is 8.82. The molecule has 1 aromatic heterocycles. The second-order valence-electron chi connectivity index (χ2n) is 3.28. The normalized spacial score (nSPS) is 12.0. The average Bonchev–Trinajstić information content (AvgIpc) is 2.38. The van der Waals surface area contributed by atoms with Crippen LogP contribution in [0, 0.1) is 0 Å². The molecule has 1 heterocycles. The van der Waals surface area contributed by atoms with Crippen LogP contribution >= 0.6 is 11.8 Å². The Hall–Kier alpha value is -1.88. The second kappa shape index (κ2) is 5.45. The van der Waals surface area contributed by atoms with Crippen LogP contribution in [0.4, 0.5) is 0 Å². The summed E-state index contributed by atoms with van der Waals surface area (Å²) in [6.45, 7) is 0. The number of aromatic nitrogens is 2. The number of hydrogen-bond acceptors (Lipinski definition) is 5. The number of nitrogens with zero attached hydrogens (tertiary/aromatic N) is 2. The summed E-state index contributed by atoms with van der Waals surface area (Å²) < 4.78 is 0. The molecule has 0 aliphatic heterocycles. The summed E-state index contributed by atoms with van der Waals surface area (Å²) in [5.41, 5.74) is 0.691. The van der Waals surface area contributed by atoms with Gasteiger partial charge in [0.2, 0.25) is 0 Å². The van der Waals surface area contributed by atoms with E-state index in [1.807, 2.05) is 6.07 Å². The van der Waals surface area contributed by atoms with Crippen LogP contribution in [0.15, 0.2) is 53.9 Å². The highest BCUT2D eigenvalue weighted by Gasteiger charge is 2.14. The van der Waals surface area contributed by atoms with Crippen LogP contribution in [0.2, 0.25) is 0 Å². The van der Waals surface area contributed by atoms with Crippen LogP contribution in [0.5, 0.6) is 0 Å². The van der Waals surface area contributed by atoms with Gasteiger partial charge in [-0.3, -0.25) is 0 Å². The van der Waals surface area contributed by atoms with Crippen molar-refractivity contribution < 1.29 is 9.90 Å². The fourth-order valence-corrected chi connectivity index (χ4v) is 2.23. The maximum Gasteiger partial charge on any atom is 0.116 e. The van der Waals surface area contributed by atoms with E-state index in [0.717, 1.165) is 11.8 Å². The molecular weight excluding hydrogens is 236 g/mol. The number of benzene rings is 1. The molecular formula is C12H9N2O2S-. The highest BCUT2D eigenvalue weighted by atomic mass is 32.2.